The molecule has 2 amide bonds. The Kier molecular flexibility index (Phi) is 10.3. The maximum absolute atomic E-state index is 13.0. The molecule has 0 aliphatic carbocycles. The zero-order chi connectivity index (χ0) is 22.2. The van der Waals surface area contributed by atoms with Crippen molar-refractivity contribution >= 4 is 12.0 Å². The van der Waals surface area contributed by atoms with E-state index in [1.165, 1.54) is 24.3 Å². The van der Waals surface area contributed by atoms with E-state index in [2.05, 4.69) is 10.6 Å². The summed E-state index contributed by atoms with van der Waals surface area (Å²) in [5.74, 6) is -0.471. The van der Waals surface area contributed by atoms with Crippen LogP contribution < -0.4 is 71.9 Å². The molecule has 0 spiro atoms. The SMILES string of the molecule is CC(NC(=O)NC(Cc1ccc(F)cc1)C(=O)[O-])c1ccc(Oc2ccccc2)cc1.[K+]. The van der Waals surface area contributed by atoms with Crippen LogP contribution in [-0.4, -0.2) is 18.0 Å². The van der Waals surface area contributed by atoms with Crippen LogP contribution in [0, 0.1) is 5.82 Å². The Balaban J connectivity index is 0.00000363. The van der Waals surface area contributed by atoms with Crippen LogP contribution in [0.5, 0.6) is 11.5 Å². The topological polar surface area (TPSA) is 90.5 Å². The van der Waals surface area contributed by atoms with Gasteiger partial charge in [-0.15, -0.1) is 0 Å². The Morgan fingerprint density at radius 3 is 2.09 bits per heavy atom. The number of aliphatic carboxylic acids is 1. The van der Waals surface area contributed by atoms with Crippen LogP contribution in [0.3, 0.4) is 0 Å². The van der Waals surface area contributed by atoms with Crippen molar-refractivity contribution in [3.8, 4) is 11.5 Å². The molecule has 0 bridgehead atoms. The third-order valence-corrected chi connectivity index (χ3v) is 4.65. The van der Waals surface area contributed by atoms with Crippen LogP contribution in [0.1, 0.15) is 24.1 Å². The van der Waals surface area contributed by atoms with Crippen molar-refractivity contribution in [1.82, 2.24) is 10.6 Å². The first kappa shape index (κ1) is 26.0. The fourth-order valence-corrected chi connectivity index (χ4v) is 2.98. The Bertz CT molecular complexity index is 1010. The molecule has 0 aliphatic rings. The maximum atomic E-state index is 13.0. The third-order valence-electron chi connectivity index (χ3n) is 4.65. The number of para-hydroxylation sites is 1. The molecule has 3 aromatic carbocycles. The standard InChI is InChI=1S/C24H23FN2O4.K/c1-16(18-9-13-21(14-10-18)31-20-5-3-2-4-6-20)26-24(30)27-22(23(28)29)15-17-7-11-19(25)12-8-17;/h2-14,16,22H,15H2,1H3,(H,28,29)(H2,26,27,30);/q;+1/p-1. The zero-order valence-electron chi connectivity index (χ0n) is 17.9. The second-order valence-corrected chi connectivity index (χ2v) is 7.03. The van der Waals surface area contributed by atoms with Gasteiger partial charge in [-0.3, -0.25) is 0 Å². The quantitative estimate of drug-likeness (QED) is 0.475. The predicted octanol–water partition coefficient (Wildman–Crippen LogP) is 0.343. The summed E-state index contributed by atoms with van der Waals surface area (Å²) >= 11 is 0. The number of urea groups is 1. The summed E-state index contributed by atoms with van der Waals surface area (Å²) in [4.78, 5) is 23.7. The van der Waals surface area contributed by atoms with Gasteiger partial charge in [0.2, 0.25) is 0 Å². The van der Waals surface area contributed by atoms with Crippen molar-refractivity contribution in [2.75, 3.05) is 0 Å². The van der Waals surface area contributed by atoms with Crippen molar-refractivity contribution < 1.29 is 75.2 Å². The van der Waals surface area contributed by atoms with Crippen molar-refractivity contribution in [2.45, 2.75) is 25.4 Å². The van der Waals surface area contributed by atoms with Crippen LogP contribution in [0.2, 0.25) is 0 Å². The van der Waals surface area contributed by atoms with E-state index in [1.54, 1.807) is 19.1 Å². The minimum absolute atomic E-state index is 0. The number of amides is 2. The summed E-state index contributed by atoms with van der Waals surface area (Å²) in [6, 6.07) is 19.7. The van der Waals surface area contributed by atoms with Crippen LogP contribution in [-0.2, 0) is 11.2 Å². The molecule has 0 saturated heterocycles. The number of benzene rings is 3. The van der Waals surface area contributed by atoms with E-state index in [0.29, 0.717) is 11.3 Å². The average molecular weight is 461 g/mol. The van der Waals surface area contributed by atoms with Crippen LogP contribution >= 0.6 is 0 Å². The summed E-state index contributed by atoms with van der Waals surface area (Å²) in [7, 11) is 0. The van der Waals surface area contributed by atoms with Gasteiger partial charge in [-0.05, 0) is 60.9 Å². The summed E-state index contributed by atoms with van der Waals surface area (Å²) in [5, 5.41) is 16.5. The molecule has 2 unspecified atom stereocenters. The van der Waals surface area contributed by atoms with E-state index < -0.39 is 23.9 Å². The van der Waals surface area contributed by atoms with Crippen LogP contribution in [0.15, 0.2) is 78.9 Å². The number of rotatable bonds is 8. The number of hydrogen-bond donors (Lipinski definition) is 2. The number of carboxylic acids is 1. The molecule has 3 aromatic rings. The molecular formula is C24H22FKN2O4. The Morgan fingerprint density at radius 1 is 0.906 bits per heavy atom. The van der Waals surface area contributed by atoms with Crippen LogP contribution in [0.25, 0.3) is 0 Å². The molecule has 0 saturated carbocycles. The first-order chi connectivity index (χ1) is 14.9. The summed E-state index contributed by atoms with van der Waals surface area (Å²) < 4.78 is 18.8. The van der Waals surface area contributed by atoms with Crippen LogP contribution in [0.4, 0.5) is 9.18 Å². The smallest absolute Gasteiger partial charge is 0.548 e. The Labute approximate surface area is 228 Å². The molecule has 0 heterocycles. The number of nitrogens with one attached hydrogen (secondary N) is 2. The van der Waals surface area contributed by atoms with Gasteiger partial charge in [-0.25, -0.2) is 9.18 Å². The van der Waals surface area contributed by atoms with E-state index in [9.17, 15) is 19.1 Å². The van der Waals surface area contributed by atoms with Gasteiger partial charge in [0.05, 0.1) is 18.1 Å². The molecule has 0 radical (unpaired) electrons. The second kappa shape index (κ2) is 12.7. The second-order valence-electron chi connectivity index (χ2n) is 7.03. The molecule has 8 heteroatoms. The molecule has 2 atom stereocenters. The maximum Gasteiger partial charge on any atom is 1.00 e. The summed E-state index contributed by atoms with van der Waals surface area (Å²) in [5.41, 5.74) is 1.39. The van der Waals surface area contributed by atoms with Gasteiger partial charge < -0.3 is 25.3 Å². The number of hydrogen-bond acceptors (Lipinski definition) is 4. The molecule has 0 aromatic heterocycles. The first-order valence-electron chi connectivity index (χ1n) is 9.76. The van der Waals surface area contributed by atoms with Crippen molar-refractivity contribution in [1.29, 1.82) is 0 Å². The Morgan fingerprint density at radius 2 is 1.50 bits per heavy atom. The first-order valence-corrected chi connectivity index (χ1v) is 9.76. The van der Waals surface area contributed by atoms with E-state index in [0.717, 1.165) is 11.3 Å². The number of halogens is 1. The number of ether oxygens (including phenoxy) is 1. The molecule has 32 heavy (non-hydrogen) atoms. The Hall–Kier alpha value is -2.23. The van der Waals surface area contributed by atoms with E-state index in [1.807, 2.05) is 42.5 Å². The molecule has 0 fully saturated rings. The number of carbonyl (C=O) groups excluding carboxylic acids is 2. The average Bonchev–Trinajstić information content (AvgIpc) is 2.76. The predicted molar refractivity (Wildman–Crippen MR) is 112 cm³/mol. The van der Waals surface area contributed by atoms with Crippen molar-refractivity contribution in [3.63, 3.8) is 0 Å². The van der Waals surface area contributed by atoms with Gasteiger partial charge in [0.1, 0.15) is 17.3 Å². The largest absolute Gasteiger partial charge is 1.00 e. The van der Waals surface area contributed by atoms with Gasteiger partial charge in [0.25, 0.3) is 0 Å². The number of carbonyl (C=O) groups is 2. The minimum atomic E-state index is -1.42. The molecule has 0 aliphatic heterocycles. The molecule has 160 valence electrons. The van der Waals surface area contributed by atoms with Gasteiger partial charge in [0, 0.05) is 0 Å². The van der Waals surface area contributed by atoms with E-state index in [-0.39, 0.29) is 63.8 Å². The zero-order valence-corrected chi connectivity index (χ0v) is 21.0. The minimum Gasteiger partial charge on any atom is -0.548 e. The molecule has 3 rings (SSSR count). The summed E-state index contributed by atoms with van der Waals surface area (Å²) in [6.45, 7) is 1.78. The third kappa shape index (κ3) is 8.03. The fraction of sp³-hybridized carbons (Fsp3) is 0.167. The van der Waals surface area contributed by atoms with Gasteiger partial charge in [-0.1, -0.05) is 42.5 Å². The van der Waals surface area contributed by atoms with Crippen molar-refractivity contribution in [2.24, 2.45) is 0 Å². The monoisotopic (exact) mass is 460 g/mol. The van der Waals surface area contributed by atoms with Crippen molar-refractivity contribution in [3.05, 3.63) is 95.8 Å². The van der Waals surface area contributed by atoms with Gasteiger partial charge in [0.15, 0.2) is 0 Å². The number of carboxylic acid groups (broad SMARTS) is 1. The molecular weight excluding hydrogens is 438 g/mol. The van der Waals surface area contributed by atoms with Gasteiger partial charge >= 0.3 is 57.4 Å². The van der Waals surface area contributed by atoms with Gasteiger partial charge in [-0.2, -0.15) is 0 Å². The normalized spacial score (nSPS) is 12.1. The molecule has 6 nitrogen and oxygen atoms in total. The summed E-state index contributed by atoms with van der Waals surface area (Å²) in [6.07, 6.45) is -0.0179. The molecule has 2 N–H and O–H groups in total. The van der Waals surface area contributed by atoms with E-state index >= 15 is 0 Å². The fourth-order valence-electron chi connectivity index (χ4n) is 2.98. The van der Waals surface area contributed by atoms with E-state index in [4.69, 9.17) is 4.74 Å².